The Hall–Kier alpha value is -2.45. The molecule has 1 amide bonds. The van der Waals surface area contributed by atoms with E-state index < -0.39 is 0 Å². The number of amides is 1. The number of carbonyl (C=O) groups is 1. The van der Waals surface area contributed by atoms with E-state index in [1.807, 2.05) is 47.0 Å². The number of rotatable bonds is 6. The number of carbonyl (C=O) groups excluding carboxylic acids is 1. The molecule has 1 fully saturated rings. The van der Waals surface area contributed by atoms with E-state index in [0.717, 1.165) is 53.2 Å². The lowest BCUT2D eigenvalue weighted by atomic mass is 9.96. The zero-order valence-corrected chi connectivity index (χ0v) is 17.9. The van der Waals surface area contributed by atoms with Gasteiger partial charge in [0.15, 0.2) is 11.5 Å². The molecular formula is C22H28BrN5O2. The van der Waals surface area contributed by atoms with Crippen LogP contribution in [0.5, 0.6) is 5.75 Å². The first-order valence-electron chi connectivity index (χ1n) is 9.78. The van der Waals surface area contributed by atoms with Crippen LogP contribution < -0.4 is 15.4 Å². The van der Waals surface area contributed by atoms with E-state index in [4.69, 9.17) is 4.74 Å². The van der Waals surface area contributed by atoms with Gasteiger partial charge in [-0.2, -0.15) is 0 Å². The summed E-state index contributed by atoms with van der Waals surface area (Å²) in [5.74, 6) is 1.64. The zero-order chi connectivity index (χ0) is 20.2. The Balaban J connectivity index is 0.00000256. The quantitative estimate of drug-likeness (QED) is 0.572. The summed E-state index contributed by atoms with van der Waals surface area (Å²) in [4.78, 5) is 13.0. The third kappa shape index (κ3) is 4.99. The minimum absolute atomic E-state index is 0. The lowest BCUT2D eigenvalue weighted by Crippen LogP contribution is -2.40. The van der Waals surface area contributed by atoms with Crippen molar-refractivity contribution in [2.75, 3.05) is 20.2 Å². The van der Waals surface area contributed by atoms with E-state index in [0.29, 0.717) is 6.42 Å². The van der Waals surface area contributed by atoms with Gasteiger partial charge in [-0.3, -0.25) is 9.20 Å². The van der Waals surface area contributed by atoms with Crippen molar-refractivity contribution in [2.45, 2.75) is 32.7 Å². The molecule has 2 aromatic heterocycles. The van der Waals surface area contributed by atoms with Gasteiger partial charge >= 0.3 is 0 Å². The van der Waals surface area contributed by atoms with Crippen molar-refractivity contribution < 1.29 is 9.53 Å². The number of piperidine rings is 1. The minimum Gasteiger partial charge on any atom is -0.497 e. The number of nitrogens with zero attached hydrogens (tertiary/aromatic N) is 3. The molecule has 0 unspecified atom stereocenters. The molecule has 30 heavy (non-hydrogen) atoms. The molecule has 160 valence electrons. The summed E-state index contributed by atoms with van der Waals surface area (Å²) in [5.41, 5.74) is 1.84. The number of hydrogen-bond donors (Lipinski definition) is 2. The highest BCUT2D eigenvalue weighted by Crippen LogP contribution is 2.23. The molecule has 0 bridgehead atoms. The Morgan fingerprint density at radius 2 is 1.97 bits per heavy atom. The van der Waals surface area contributed by atoms with Crippen LogP contribution in [0.1, 0.15) is 37.7 Å². The number of ether oxygens (including phenoxy) is 1. The summed E-state index contributed by atoms with van der Waals surface area (Å²) >= 11 is 3.51. The molecule has 2 N–H and O–H groups in total. The van der Waals surface area contributed by atoms with Gasteiger partial charge < -0.3 is 15.4 Å². The molecule has 1 aliphatic rings. The maximum absolute atomic E-state index is 13.0. The van der Waals surface area contributed by atoms with E-state index in [9.17, 15) is 4.79 Å². The van der Waals surface area contributed by atoms with Crippen molar-refractivity contribution in [1.82, 2.24) is 25.2 Å². The topological polar surface area (TPSA) is 80.5 Å². The van der Waals surface area contributed by atoms with Crippen LogP contribution >= 0.6 is 15.9 Å². The molecule has 7 nitrogen and oxygen atoms in total. The van der Waals surface area contributed by atoms with Gasteiger partial charge in [0.2, 0.25) is 5.91 Å². The second-order valence-corrected chi connectivity index (χ2v) is 8.19. The number of fused-ring (bicyclic) bond motifs is 1. The fourth-order valence-electron chi connectivity index (χ4n) is 3.70. The Kier molecular flexibility index (Phi) is 7.44. The lowest BCUT2D eigenvalue weighted by molar-refractivity contribution is -0.126. The average Bonchev–Trinajstić information content (AvgIpc) is 3.17. The van der Waals surface area contributed by atoms with Gasteiger partial charge in [-0.15, -0.1) is 10.2 Å². The van der Waals surface area contributed by atoms with Crippen molar-refractivity contribution in [3.63, 3.8) is 0 Å². The van der Waals surface area contributed by atoms with Gasteiger partial charge in [0.05, 0.1) is 13.2 Å². The Morgan fingerprint density at radius 3 is 2.67 bits per heavy atom. The predicted octanol–water partition coefficient (Wildman–Crippen LogP) is 3.54. The lowest BCUT2D eigenvalue weighted by Gasteiger charge is -2.25. The first-order valence-corrected chi connectivity index (χ1v) is 10.6. The van der Waals surface area contributed by atoms with Crippen molar-refractivity contribution in [1.29, 1.82) is 0 Å². The average molecular weight is 474 g/mol. The van der Waals surface area contributed by atoms with Crippen molar-refractivity contribution in [3.8, 4) is 5.75 Å². The van der Waals surface area contributed by atoms with Crippen LogP contribution in [-0.4, -0.2) is 40.7 Å². The summed E-state index contributed by atoms with van der Waals surface area (Å²) in [7, 11) is 1.65. The van der Waals surface area contributed by atoms with Crippen LogP contribution in [0.2, 0.25) is 0 Å². The Labute approximate surface area is 185 Å². The number of halogens is 1. The number of methoxy groups -OCH3 is 1. The molecule has 1 aliphatic heterocycles. The van der Waals surface area contributed by atoms with Crippen LogP contribution in [0.3, 0.4) is 0 Å². The number of benzene rings is 1. The smallest absolute Gasteiger partial charge is 0.223 e. The van der Waals surface area contributed by atoms with Crippen molar-refractivity contribution >= 4 is 27.5 Å². The second-order valence-electron chi connectivity index (χ2n) is 7.27. The molecule has 1 atom stereocenters. The van der Waals surface area contributed by atoms with Crippen LogP contribution in [0.15, 0.2) is 47.1 Å². The van der Waals surface area contributed by atoms with E-state index in [1.165, 1.54) is 0 Å². The third-order valence-electron chi connectivity index (χ3n) is 5.33. The van der Waals surface area contributed by atoms with Crippen LogP contribution in [0.25, 0.3) is 5.65 Å². The van der Waals surface area contributed by atoms with Crippen LogP contribution in [0.4, 0.5) is 0 Å². The molecule has 0 spiro atoms. The molecule has 0 aliphatic carbocycles. The minimum atomic E-state index is -0.282. The maximum Gasteiger partial charge on any atom is 0.223 e. The molecule has 8 heteroatoms. The predicted molar refractivity (Wildman–Crippen MR) is 121 cm³/mol. The molecule has 3 heterocycles. The fourth-order valence-corrected chi connectivity index (χ4v) is 4.03. The normalized spacial score (nSPS) is 15.4. The molecule has 3 aromatic rings. The summed E-state index contributed by atoms with van der Waals surface area (Å²) in [5, 5.41) is 15.2. The molecular weight excluding hydrogens is 446 g/mol. The first kappa shape index (κ1) is 22.2. The summed E-state index contributed by atoms with van der Waals surface area (Å²) in [6.07, 6.45) is 4.26. The highest BCUT2D eigenvalue weighted by atomic mass is 79.9. The SMILES string of the molecule is C.COc1ccc(C[C@@H](NC(=O)C2CCNCC2)c2nnc3ccc(Br)cn23)cc1. The standard InChI is InChI=1S/C21H24BrN5O2.CH4/c1-29-17-5-2-14(3-6-17)12-18(24-21(28)15-8-10-23-11-9-15)20-26-25-19-7-4-16(22)13-27(19)20;/h2-7,13,15,18,23H,8-12H2,1H3,(H,24,28);1H4/t18-;/m1./s1. The van der Waals surface area contributed by atoms with Crippen LogP contribution in [-0.2, 0) is 11.2 Å². The van der Waals surface area contributed by atoms with E-state index in [1.54, 1.807) is 7.11 Å². The van der Waals surface area contributed by atoms with E-state index in [2.05, 4.69) is 36.8 Å². The number of aromatic nitrogens is 3. The van der Waals surface area contributed by atoms with Crippen molar-refractivity contribution in [3.05, 3.63) is 58.5 Å². The van der Waals surface area contributed by atoms with Gasteiger partial charge in [-0.05, 0) is 78.1 Å². The van der Waals surface area contributed by atoms with Gasteiger partial charge in [0, 0.05) is 16.6 Å². The zero-order valence-electron chi connectivity index (χ0n) is 16.3. The van der Waals surface area contributed by atoms with Crippen molar-refractivity contribution in [2.24, 2.45) is 5.92 Å². The Morgan fingerprint density at radius 1 is 1.23 bits per heavy atom. The molecule has 1 saturated heterocycles. The first-order chi connectivity index (χ1) is 14.1. The fraction of sp³-hybridized carbons (Fsp3) is 0.409. The Bertz CT molecular complexity index is 983. The summed E-state index contributed by atoms with van der Waals surface area (Å²) < 4.78 is 8.11. The van der Waals surface area contributed by atoms with E-state index in [-0.39, 0.29) is 25.3 Å². The molecule has 4 rings (SSSR count). The van der Waals surface area contributed by atoms with E-state index >= 15 is 0 Å². The highest BCUT2D eigenvalue weighted by molar-refractivity contribution is 9.10. The maximum atomic E-state index is 13.0. The third-order valence-corrected chi connectivity index (χ3v) is 5.80. The van der Waals surface area contributed by atoms with Gasteiger partial charge in [-0.1, -0.05) is 19.6 Å². The summed E-state index contributed by atoms with van der Waals surface area (Å²) in [6.45, 7) is 1.75. The van der Waals surface area contributed by atoms with Gasteiger partial charge in [0.1, 0.15) is 5.75 Å². The van der Waals surface area contributed by atoms with Crippen LogP contribution in [0, 0.1) is 5.92 Å². The van der Waals surface area contributed by atoms with Gasteiger partial charge in [0.25, 0.3) is 0 Å². The number of hydrogen-bond acceptors (Lipinski definition) is 5. The molecule has 0 saturated carbocycles. The summed E-state index contributed by atoms with van der Waals surface area (Å²) in [6, 6.07) is 11.4. The second kappa shape index (κ2) is 10.0. The van der Waals surface area contributed by atoms with Gasteiger partial charge in [-0.25, -0.2) is 0 Å². The number of nitrogens with one attached hydrogen (secondary N) is 2. The largest absolute Gasteiger partial charge is 0.497 e. The highest BCUT2D eigenvalue weighted by Gasteiger charge is 2.26. The molecule has 0 radical (unpaired) electrons. The molecule has 1 aromatic carbocycles. The monoisotopic (exact) mass is 473 g/mol. The number of pyridine rings is 1.